The Bertz CT molecular complexity index is 410. The average molecular weight is 235 g/mol. The lowest BCUT2D eigenvalue weighted by molar-refractivity contribution is 0.779. The van der Waals surface area contributed by atoms with E-state index in [-0.39, 0.29) is 5.88 Å². The van der Waals surface area contributed by atoms with E-state index in [0.29, 0.717) is 10.2 Å². The van der Waals surface area contributed by atoms with E-state index in [1.165, 1.54) is 16.0 Å². The first-order valence-electron chi connectivity index (χ1n) is 3.39. The van der Waals surface area contributed by atoms with E-state index in [1.807, 2.05) is 11.4 Å². The number of thiophene rings is 1. The highest BCUT2D eigenvalue weighted by Gasteiger charge is 2.10. The maximum atomic E-state index is 5.92. The molecule has 0 saturated heterocycles. The molecule has 0 radical (unpaired) electrons. The lowest BCUT2D eigenvalue weighted by atomic mass is 10.5. The lowest BCUT2D eigenvalue weighted by Gasteiger charge is -1.98. The van der Waals surface area contributed by atoms with Gasteiger partial charge in [-0.3, -0.25) is 0 Å². The first-order valence-corrected chi connectivity index (χ1v) is 5.18. The van der Waals surface area contributed by atoms with Gasteiger partial charge in [0.2, 0.25) is 0 Å². The number of tetrazole rings is 1. The number of alkyl halides is 1. The van der Waals surface area contributed by atoms with Gasteiger partial charge in [0, 0.05) is 0 Å². The molecule has 68 valence electrons. The van der Waals surface area contributed by atoms with Gasteiger partial charge < -0.3 is 0 Å². The van der Waals surface area contributed by atoms with Crippen LogP contribution in [0.3, 0.4) is 0 Å². The Hall–Kier alpha value is -0.650. The zero-order valence-corrected chi connectivity index (χ0v) is 8.64. The van der Waals surface area contributed by atoms with Crippen molar-refractivity contribution in [1.82, 2.24) is 20.2 Å². The predicted octanol–water partition coefficient (Wildman–Crippen LogP) is 2.12. The molecule has 2 aromatic rings. The molecule has 0 unspecified atom stereocenters. The molecule has 2 aromatic heterocycles. The quantitative estimate of drug-likeness (QED) is 0.749. The van der Waals surface area contributed by atoms with E-state index in [0.717, 1.165) is 5.69 Å². The van der Waals surface area contributed by atoms with Gasteiger partial charge in [0.15, 0.2) is 5.82 Å². The standard InChI is InChI=1S/C6H4Cl2N4S/c7-3-5-9-10-11-12(5)4-1-2-13-6(4)8/h1-2H,3H2. The Morgan fingerprint density at radius 1 is 1.54 bits per heavy atom. The summed E-state index contributed by atoms with van der Waals surface area (Å²) in [6, 6.07) is 1.85. The van der Waals surface area contributed by atoms with Gasteiger partial charge in [0.1, 0.15) is 4.34 Å². The van der Waals surface area contributed by atoms with Gasteiger partial charge in [0.05, 0.1) is 11.6 Å². The Morgan fingerprint density at radius 3 is 3.00 bits per heavy atom. The van der Waals surface area contributed by atoms with E-state index >= 15 is 0 Å². The highest BCUT2D eigenvalue weighted by atomic mass is 35.5. The number of hydrogen-bond donors (Lipinski definition) is 0. The van der Waals surface area contributed by atoms with Gasteiger partial charge in [-0.1, -0.05) is 11.6 Å². The SMILES string of the molecule is ClCc1nnnn1-c1ccsc1Cl. The van der Waals surface area contributed by atoms with Crippen molar-refractivity contribution >= 4 is 34.5 Å². The molecule has 2 heterocycles. The summed E-state index contributed by atoms with van der Waals surface area (Å²) in [5.74, 6) is 0.848. The largest absolute Gasteiger partial charge is 0.194 e. The summed E-state index contributed by atoms with van der Waals surface area (Å²) in [6.07, 6.45) is 0. The Labute approximate surface area is 88.1 Å². The monoisotopic (exact) mass is 234 g/mol. The zero-order valence-electron chi connectivity index (χ0n) is 6.31. The fourth-order valence-electron chi connectivity index (χ4n) is 0.914. The minimum absolute atomic E-state index is 0.263. The van der Waals surface area contributed by atoms with Crippen molar-refractivity contribution in [3.63, 3.8) is 0 Å². The summed E-state index contributed by atoms with van der Waals surface area (Å²) in [7, 11) is 0. The van der Waals surface area contributed by atoms with Crippen molar-refractivity contribution in [2.24, 2.45) is 0 Å². The van der Waals surface area contributed by atoms with Crippen molar-refractivity contribution in [3.8, 4) is 5.69 Å². The van der Waals surface area contributed by atoms with Crippen molar-refractivity contribution in [3.05, 3.63) is 21.6 Å². The van der Waals surface area contributed by atoms with Crippen molar-refractivity contribution in [2.45, 2.75) is 5.88 Å². The van der Waals surface area contributed by atoms with Crippen LogP contribution in [0.4, 0.5) is 0 Å². The number of hydrogen-bond acceptors (Lipinski definition) is 4. The number of aromatic nitrogens is 4. The van der Waals surface area contributed by atoms with Crippen LogP contribution >= 0.6 is 34.5 Å². The highest BCUT2D eigenvalue weighted by Crippen LogP contribution is 2.26. The maximum absolute atomic E-state index is 5.92. The second kappa shape index (κ2) is 3.61. The van der Waals surface area contributed by atoms with Crippen molar-refractivity contribution in [1.29, 1.82) is 0 Å². The van der Waals surface area contributed by atoms with Gasteiger partial charge in [-0.05, 0) is 21.9 Å². The molecule has 13 heavy (non-hydrogen) atoms. The summed E-state index contributed by atoms with van der Waals surface area (Å²) in [5, 5.41) is 12.9. The molecule has 0 atom stereocenters. The molecule has 0 aliphatic rings. The molecule has 7 heteroatoms. The fourth-order valence-corrected chi connectivity index (χ4v) is 1.97. The molecular weight excluding hydrogens is 231 g/mol. The molecule has 0 aromatic carbocycles. The van der Waals surface area contributed by atoms with Crippen LogP contribution in [0.2, 0.25) is 4.34 Å². The molecule has 0 aliphatic heterocycles. The minimum Gasteiger partial charge on any atom is -0.194 e. The van der Waals surface area contributed by atoms with Crippen LogP contribution in [0.25, 0.3) is 5.69 Å². The number of halogens is 2. The normalized spacial score (nSPS) is 10.6. The third-order valence-corrected chi connectivity index (χ3v) is 2.87. The van der Waals surface area contributed by atoms with E-state index in [1.54, 1.807) is 0 Å². The van der Waals surface area contributed by atoms with E-state index in [2.05, 4.69) is 15.5 Å². The molecule has 0 aliphatic carbocycles. The molecule has 0 spiro atoms. The van der Waals surface area contributed by atoms with Gasteiger partial charge in [-0.25, -0.2) is 0 Å². The Morgan fingerprint density at radius 2 is 2.38 bits per heavy atom. The minimum atomic E-state index is 0.263. The third kappa shape index (κ3) is 1.54. The summed E-state index contributed by atoms with van der Waals surface area (Å²) in [6.45, 7) is 0. The van der Waals surface area contributed by atoms with Crippen molar-refractivity contribution < 1.29 is 0 Å². The van der Waals surface area contributed by atoms with Gasteiger partial charge in [-0.15, -0.1) is 28.0 Å². The zero-order chi connectivity index (χ0) is 9.26. The molecule has 0 amide bonds. The summed E-state index contributed by atoms with van der Waals surface area (Å²) in [4.78, 5) is 0. The highest BCUT2D eigenvalue weighted by molar-refractivity contribution is 7.14. The average Bonchev–Trinajstić information content (AvgIpc) is 2.71. The van der Waals surface area contributed by atoms with Crippen LogP contribution < -0.4 is 0 Å². The van der Waals surface area contributed by atoms with E-state index < -0.39 is 0 Å². The predicted molar refractivity (Wildman–Crippen MR) is 51.6 cm³/mol. The molecular formula is C6H4Cl2N4S. The third-order valence-electron chi connectivity index (χ3n) is 1.48. The number of nitrogens with zero attached hydrogens (tertiary/aromatic N) is 4. The van der Waals surface area contributed by atoms with Crippen LogP contribution in [-0.4, -0.2) is 20.2 Å². The smallest absolute Gasteiger partial charge is 0.171 e. The molecule has 2 rings (SSSR count). The maximum Gasteiger partial charge on any atom is 0.171 e. The number of rotatable bonds is 2. The second-order valence-electron chi connectivity index (χ2n) is 2.22. The first kappa shape index (κ1) is 8.93. The van der Waals surface area contributed by atoms with E-state index in [4.69, 9.17) is 23.2 Å². The second-order valence-corrected chi connectivity index (χ2v) is 4.01. The molecule has 0 saturated carbocycles. The molecule has 0 N–H and O–H groups in total. The molecule has 4 nitrogen and oxygen atoms in total. The van der Waals surface area contributed by atoms with Gasteiger partial charge in [0.25, 0.3) is 0 Å². The fraction of sp³-hybridized carbons (Fsp3) is 0.167. The Balaban J connectivity index is 2.52. The summed E-state index contributed by atoms with van der Waals surface area (Å²) >= 11 is 13.0. The van der Waals surface area contributed by atoms with Crippen LogP contribution in [0, 0.1) is 0 Å². The summed E-state index contributed by atoms with van der Waals surface area (Å²) < 4.78 is 2.19. The topological polar surface area (TPSA) is 43.6 Å². The molecule has 0 fully saturated rings. The van der Waals surface area contributed by atoms with E-state index in [9.17, 15) is 0 Å². The lowest BCUT2D eigenvalue weighted by Crippen LogP contribution is -2.00. The Kier molecular flexibility index (Phi) is 2.48. The molecule has 0 bridgehead atoms. The van der Waals surface area contributed by atoms with Crippen LogP contribution in [0.1, 0.15) is 5.82 Å². The summed E-state index contributed by atoms with van der Waals surface area (Å²) in [5.41, 5.74) is 0.771. The van der Waals surface area contributed by atoms with Crippen LogP contribution in [0.5, 0.6) is 0 Å². The van der Waals surface area contributed by atoms with Gasteiger partial charge >= 0.3 is 0 Å². The first-order chi connectivity index (χ1) is 6.33. The van der Waals surface area contributed by atoms with Crippen LogP contribution in [-0.2, 0) is 5.88 Å². The van der Waals surface area contributed by atoms with Crippen LogP contribution in [0.15, 0.2) is 11.4 Å². The van der Waals surface area contributed by atoms with Gasteiger partial charge in [-0.2, -0.15) is 4.68 Å². The van der Waals surface area contributed by atoms with Crippen molar-refractivity contribution in [2.75, 3.05) is 0 Å².